The van der Waals surface area contributed by atoms with Crippen molar-refractivity contribution >= 4 is 16.3 Å². The van der Waals surface area contributed by atoms with Crippen LogP contribution >= 0.6 is 0 Å². The number of nitrogens with one attached hydrogen (secondary N) is 3. The van der Waals surface area contributed by atoms with Gasteiger partial charge in [0.1, 0.15) is 0 Å². The smallest absolute Gasteiger partial charge is 0.328 e. The molecule has 0 radical (unpaired) electrons. The predicted octanol–water partition coefficient (Wildman–Crippen LogP) is -2.56. The van der Waals surface area contributed by atoms with Gasteiger partial charge < -0.3 is 11.1 Å². The molecule has 19 heavy (non-hydrogen) atoms. The van der Waals surface area contributed by atoms with E-state index in [-0.39, 0.29) is 18.6 Å². The van der Waals surface area contributed by atoms with Crippen LogP contribution in [0.15, 0.2) is 0 Å². The van der Waals surface area contributed by atoms with Crippen molar-refractivity contribution < 1.29 is 26.9 Å². The number of hydrogen-bond acceptors (Lipinski definition) is 8. The van der Waals surface area contributed by atoms with Crippen LogP contribution in [-0.4, -0.2) is 50.7 Å². The quantitative estimate of drug-likeness (QED) is 0.194. The van der Waals surface area contributed by atoms with Gasteiger partial charge in [-0.1, -0.05) is 0 Å². The molecule has 0 spiro atoms. The van der Waals surface area contributed by atoms with E-state index in [1.54, 1.807) is 0 Å². The molecule has 1 amide bonds. The molecule has 11 heteroatoms. The van der Waals surface area contributed by atoms with E-state index in [1.165, 1.54) is 0 Å². The van der Waals surface area contributed by atoms with Crippen molar-refractivity contribution in [2.45, 2.75) is 24.9 Å². The Hall–Kier alpha value is -0.820. The molecule has 0 aliphatic carbocycles. The minimum absolute atomic E-state index is 0.227. The van der Waals surface area contributed by atoms with Gasteiger partial charge in [-0.3, -0.25) is 14.2 Å². The third kappa shape index (κ3) is 6.77. The highest BCUT2D eigenvalue weighted by atomic mass is 32.3. The van der Waals surface area contributed by atoms with E-state index in [2.05, 4.69) is 20.6 Å². The molecule has 1 fully saturated rings. The molecule has 112 valence electrons. The fourth-order valence-electron chi connectivity index (χ4n) is 1.56. The third-order valence-corrected chi connectivity index (χ3v) is 2.75. The number of carbonyl (C=O) groups excluding carboxylic acids is 1. The summed E-state index contributed by atoms with van der Waals surface area (Å²) in [5.41, 5.74) is 9.65. The van der Waals surface area contributed by atoms with Crippen LogP contribution < -0.4 is 22.0 Å². The maximum absolute atomic E-state index is 11.6. The number of hydroxylamine groups is 2. The van der Waals surface area contributed by atoms with Crippen molar-refractivity contribution in [3.63, 3.8) is 0 Å². The molecule has 1 aliphatic rings. The predicted molar refractivity (Wildman–Crippen MR) is 63.7 cm³/mol. The second kappa shape index (κ2) is 7.69. The van der Waals surface area contributed by atoms with Crippen LogP contribution in [0.5, 0.6) is 0 Å². The summed E-state index contributed by atoms with van der Waals surface area (Å²) in [5, 5.41) is 2.89. The van der Waals surface area contributed by atoms with Gasteiger partial charge in [-0.2, -0.15) is 18.2 Å². The molecular formula is C8H18N4O6S. The summed E-state index contributed by atoms with van der Waals surface area (Å²) in [7, 11) is -4.52. The average molecular weight is 298 g/mol. The first-order valence-electron chi connectivity index (χ1n) is 5.69. The molecule has 1 saturated heterocycles. The molecule has 1 rings (SSSR count). The van der Waals surface area contributed by atoms with E-state index in [1.807, 2.05) is 0 Å². The Labute approximate surface area is 110 Å². The number of carbonyl (C=O) groups is 1. The highest BCUT2D eigenvalue weighted by molar-refractivity contribution is 7.80. The van der Waals surface area contributed by atoms with Crippen molar-refractivity contribution in [3.05, 3.63) is 0 Å². The Morgan fingerprint density at radius 2 is 2.21 bits per heavy atom. The number of amides is 1. The summed E-state index contributed by atoms with van der Waals surface area (Å²) >= 11 is 0. The second-order valence-corrected chi connectivity index (χ2v) is 4.99. The zero-order chi connectivity index (χ0) is 14.3. The monoisotopic (exact) mass is 298 g/mol. The van der Waals surface area contributed by atoms with E-state index >= 15 is 0 Å². The van der Waals surface area contributed by atoms with E-state index in [4.69, 9.17) is 15.1 Å². The molecule has 0 aromatic carbocycles. The Kier molecular flexibility index (Phi) is 6.57. The van der Waals surface area contributed by atoms with Crippen LogP contribution in [0.1, 0.15) is 12.8 Å². The lowest BCUT2D eigenvalue weighted by molar-refractivity contribution is -0.136. The van der Waals surface area contributed by atoms with Crippen molar-refractivity contribution in [3.8, 4) is 0 Å². The van der Waals surface area contributed by atoms with E-state index < -0.39 is 16.4 Å². The van der Waals surface area contributed by atoms with E-state index in [0.29, 0.717) is 25.9 Å². The molecule has 0 bridgehead atoms. The molecule has 2 unspecified atom stereocenters. The second-order valence-electron chi connectivity index (χ2n) is 3.97. The van der Waals surface area contributed by atoms with Crippen LogP contribution in [0.25, 0.3) is 0 Å². The minimum atomic E-state index is -4.52. The lowest BCUT2D eigenvalue weighted by atomic mass is 10.0. The largest absolute Gasteiger partial charge is 0.413 e. The lowest BCUT2D eigenvalue weighted by Crippen LogP contribution is -2.53. The minimum Gasteiger partial charge on any atom is -0.328 e. The molecule has 0 aromatic rings. The first-order chi connectivity index (χ1) is 8.92. The fourth-order valence-corrected chi connectivity index (χ4v) is 1.82. The first-order valence-corrected chi connectivity index (χ1v) is 7.05. The summed E-state index contributed by atoms with van der Waals surface area (Å²) in [6, 6.07) is -0.752. The van der Waals surface area contributed by atoms with E-state index in [0.717, 1.165) is 0 Å². The SMILES string of the molecule is NCCONC(=O)C1CCC(NOS(=O)(=O)O)CN1. The average Bonchev–Trinajstić information content (AvgIpc) is 2.36. The van der Waals surface area contributed by atoms with Gasteiger partial charge in [0, 0.05) is 19.1 Å². The number of hydrogen-bond donors (Lipinski definition) is 5. The fraction of sp³-hybridized carbons (Fsp3) is 0.875. The van der Waals surface area contributed by atoms with Gasteiger partial charge in [-0.05, 0) is 12.8 Å². The summed E-state index contributed by atoms with van der Waals surface area (Å²) in [6.07, 6.45) is 0.960. The topological polar surface area (TPSA) is 152 Å². The van der Waals surface area contributed by atoms with Crippen molar-refractivity contribution in [1.29, 1.82) is 0 Å². The molecule has 10 nitrogen and oxygen atoms in total. The van der Waals surface area contributed by atoms with Crippen molar-refractivity contribution in [2.24, 2.45) is 5.73 Å². The lowest BCUT2D eigenvalue weighted by Gasteiger charge is -2.28. The third-order valence-electron chi connectivity index (χ3n) is 2.44. The molecule has 6 N–H and O–H groups in total. The summed E-state index contributed by atoms with van der Waals surface area (Å²) in [5.74, 6) is -0.317. The van der Waals surface area contributed by atoms with Gasteiger partial charge in [0.25, 0.3) is 5.91 Å². The highest BCUT2D eigenvalue weighted by Crippen LogP contribution is 2.08. The summed E-state index contributed by atoms with van der Waals surface area (Å²) < 4.78 is 33.1. The first kappa shape index (κ1) is 16.2. The molecule has 2 atom stereocenters. The zero-order valence-corrected chi connectivity index (χ0v) is 11.0. The Bertz CT molecular complexity index is 381. The Balaban J connectivity index is 2.23. The number of nitrogens with two attached hydrogens (primary N) is 1. The maximum atomic E-state index is 11.6. The van der Waals surface area contributed by atoms with Gasteiger partial charge in [-0.25, -0.2) is 5.48 Å². The van der Waals surface area contributed by atoms with Crippen molar-refractivity contribution in [2.75, 3.05) is 19.7 Å². The van der Waals surface area contributed by atoms with Crippen molar-refractivity contribution in [1.82, 2.24) is 16.3 Å². The standard InChI is InChI=1S/C8H18N4O6S/c9-3-4-17-12-8(13)7-2-1-6(5-10-7)11-18-19(14,15)16/h6-7,10-11H,1-5,9H2,(H,12,13)(H,14,15,16). The summed E-state index contributed by atoms with van der Waals surface area (Å²) in [4.78, 5) is 16.4. The van der Waals surface area contributed by atoms with E-state index in [9.17, 15) is 13.2 Å². The molecular weight excluding hydrogens is 280 g/mol. The maximum Gasteiger partial charge on any atom is 0.413 e. The van der Waals surface area contributed by atoms with Crippen LogP contribution in [0.3, 0.4) is 0 Å². The van der Waals surface area contributed by atoms with Crippen LogP contribution in [0.4, 0.5) is 0 Å². The number of rotatable bonds is 7. The summed E-state index contributed by atoms with van der Waals surface area (Å²) in [6.45, 7) is 0.840. The van der Waals surface area contributed by atoms with Crippen LogP contribution in [-0.2, 0) is 24.3 Å². The zero-order valence-electron chi connectivity index (χ0n) is 10.2. The van der Waals surface area contributed by atoms with Gasteiger partial charge in [0.15, 0.2) is 0 Å². The normalized spacial score (nSPS) is 24.1. The Morgan fingerprint density at radius 3 is 2.74 bits per heavy atom. The highest BCUT2D eigenvalue weighted by Gasteiger charge is 2.26. The van der Waals surface area contributed by atoms with Gasteiger partial charge in [0.05, 0.1) is 12.6 Å². The van der Waals surface area contributed by atoms with Gasteiger partial charge in [-0.15, -0.1) is 0 Å². The molecule has 1 aliphatic heterocycles. The van der Waals surface area contributed by atoms with Crippen LogP contribution in [0.2, 0.25) is 0 Å². The molecule has 1 heterocycles. The number of piperidine rings is 1. The van der Waals surface area contributed by atoms with Gasteiger partial charge >= 0.3 is 10.4 Å². The Morgan fingerprint density at radius 1 is 1.47 bits per heavy atom. The molecule has 0 saturated carbocycles. The van der Waals surface area contributed by atoms with Crippen LogP contribution in [0, 0.1) is 0 Å². The van der Waals surface area contributed by atoms with Gasteiger partial charge in [0.2, 0.25) is 0 Å². The molecule has 0 aromatic heterocycles.